The van der Waals surface area contributed by atoms with Gasteiger partial charge in [0.15, 0.2) is 0 Å². The molecule has 1 aromatic heterocycles. The van der Waals surface area contributed by atoms with Crippen molar-refractivity contribution >= 4 is 5.91 Å². The van der Waals surface area contributed by atoms with E-state index in [2.05, 4.69) is 11.8 Å². The van der Waals surface area contributed by atoms with Crippen molar-refractivity contribution in [2.45, 2.75) is 39.0 Å². The Balaban J connectivity index is 2.00. The Kier molecular flexibility index (Phi) is 5.39. The third kappa shape index (κ3) is 3.84. The molecule has 0 aromatic carbocycles. The predicted molar refractivity (Wildman–Crippen MR) is 79.8 cm³/mol. The molecule has 21 heavy (non-hydrogen) atoms. The minimum atomic E-state index is -0.345. The SMILES string of the molecule is CCC1CN(C(=O)c2coc(CN)c2)CCN1CC(C)O. The fraction of sp³-hybridized carbons (Fsp3) is 0.667. The molecule has 2 unspecified atom stereocenters. The summed E-state index contributed by atoms with van der Waals surface area (Å²) in [6.45, 7) is 7.01. The first-order chi connectivity index (χ1) is 10.0. The molecule has 0 spiro atoms. The van der Waals surface area contributed by atoms with Crippen LogP contribution < -0.4 is 5.73 Å². The summed E-state index contributed by atoms with van der Waals surface area (Å²) in [7, 11) is 0. The van der Waals surface area contributed by atoms with Crippen molar-refractivity contribution < 1.29 is 14.3 Å². The number of piperazine rings is 1. The number of carbonyl (C=O) groups excluding carboxylic acids is 1. The van der Waals surface area contributed by atoms with Crippen molar-refractivity contribution in [2.24, 2.45) is 5.73 Å². The molecule has 1 amide bonds. The lowest BCUT2D eigenvalue weighted by Crippen LogP contribution is -2.55. The minimum Gasteiger partial charge on any atom is -0.467 e. The molecule has 118 valence electrons. The van der Waals surface area contributed by atoms with Crippen LogP contribution in [-0.2, 0) is 6.54 Å². The van der Waals surface area contributed by atoms with Crippen LogP contribution in [0.3, 0.4) is 0 Å². The van der Waals surface area contributed by atoms with Crippen LogP contribution in [0.15, 0.2) is 16.7 Å². The van der Waals surface area contributed by atoms with E-state index in [1.54, 1.807) is 13.0 Å². The molecule has 1 aliphatic heterocycles. The van der Waals surface area contributed by atoms with Gasteiger partial charge in [-0.2, -0.15) is 0 Å². The van der Waals surface area contributed by atoms with Crippen LogP contribution in [0.5, 0.6) is 0 Å². The van der Waals surface area contributed by atoms with E-state index < -0.39 is 0 Å². The van der Waals surface area contributed by atoms with E-state index in [-0.39, 0.29) is 18.1 Å². The largest absolute Gasteiger partial charge is 0.467 e. The first-order valence-corrected chi connectivity index (χ1v) is 7.54. The lowest BCUT2D eigenvalue weighted by molar-refractivity contribution is 0.0309. The Labute approximate surface area is 125 Å². The van der Waals surface area contributed by atoms with Gasteiger partial charge in [0.25, 0.3) is 5.91 Å². The number of hydrogen-bond acceptors (Lipinski definition) is 5. The Morgan fingerprint density at radius 3 is 2.90 bits per heavy atom. The lowest BCUT2D eigenvalue weighted by Gasteiger charge is -2.41. The fourth-order valence-corrected chi connectivity index (χ4v) is 2.83. The highest BCUT2D eigenvalue weighted by Gasteiger charge is 2.29. The number of carbonyl (C=O) groups is 1. The van der Waals surface area contributed by atoms with Gasteiger partial charge in [-0.1, -0.05) is 6.92 Å². The Hall–Kier alpha value is -1.37. The molecule has 1 aromatic rings. The summed E-state index contributed by atoms with van der Waals surface area (Å²) < 4.78 is 5.24. The molecule has 2 rings (SSSR count). The molecule has 6 heteroatoms. The summed E-state index contributed by atoms with van der Waals surface area (Å²) in [6, 6.07) is 2.00. The van der Waals surface area contributed by atoms with E-state index >= 15 is 0 Å². The maximum atomic E-state index is 12.5. The number of amides is 1. The standard InChI is InChI=1S/C15H25N3O3/c1-3-13-9-18(5-4-17(13)8-11(2)19)15(20)12-6-14(7-16)21-10-12/h6,10-11,13,19H,3-5,7-9,16H2,1-2H3. The van der Waals surface area contributed by atoms with Crippen LogP contribution in [0.2, 0.25) is 0 Å². The molecule has 0 radical (unpaired) electrons. The van der Waals surface area contributed by atoms with Gasteiger partial charge in [-0.15, -0.1) is 0 Å². The van der Waals surface area contributed by atoms with Gasteiger partial charge in [0.1, 0.15) is 12.0 Å². The highest BCUT2D eigenvalue weighted by Crippen LogP contribution is 2.17. The zero-order valence-corrected chi connectivity index (χ0v) is 12.8. The van der Waals surface area contributed by atoms with Gasteiger partial charge in [0.2, 0.25) is 0 Å². The van der Waals surface area contributed by atoms with Gasteiger partial charge >= 0.3 is 0 Å². The number of nitrogens with two attached hydrogens (primary N) is 1. The summed E-state index contributed by atoms with van der Waals surface area (Å²) in [5.74, 6) is 0.617. The van der Waals surface area contributed by atoms with Crippen molar-refractivity contribution in [3.63, 3.8) is 0 Å². The normalized spacial score (nSPS) is 21.5. The summed E-state index contributed by atoms with van der Waals surface area (Å²) in [5, 5.41) is 9.55. The van der Waals surface area contributed by atoms with Crippen molar-refractivity contribution in [1.82, 2.24) is 9.80 Å². The van der Waals surface area contributed by atoms with E-state index in [1.807, 2.05) is 4.90 Å². The molecular formula is C15H25N3O3. The van der Waals surface area contributed by atoms with E-state index in [0.717, 1.165) is 13.0 Å². The molecule has 0 bridgehead atoms. The second-order valence-corrected chi connectivity index (χ2v) is 5.66. The van der Waals surface area contributed by atoms with Gasteiger partial charge in [-0.3, -0.25) is 9.69 Å². The van der Waals surface area contributed by atoms with Gasteiger partial charge in [0, 0.05) is 32.2 Å². The van der Waals surface area contributed by atoms with Crippen LogP contribution in [0.25, 0.3) is 0 Å². The average molecular weight is 295 g/mol. The number of aliphatic hydroxyl groups is 1. The van der Waals surface area contributed by atoms with Crippen LogP contribution in [0.1, 0.15) is 36.4 Å². The first-order valence-electron chi connectivity index (χ1n) is 7.54. The van der Waals surface area contributed by atoms with Crippen LogP contribution >= 0.6 is 0 Å². The second-order valence-electron chi connectivity index (χ2n) is 5.66. The fourth-order valence-electron chi connectivity index (χ4n) is 2.83. The number of rotatable bonds is 5. The van der Waals surface area contributed by atoms with E-state index in [9.17, 15) is 9.90 Å². The van der Waals surface area contributed by atoms with E-state index in [4.69, 9.17) is 10.2 Å². The highest BCUT2D eigenvalue weighted by atomic mass is 16.3. The smallest absolute Gasteiger partial charge is 0.257 e. The van der Waals surface area contributed by atoms with Gasteiger partial charge in [0.05, 0.1) is 18.2 Å². The Morgan fingerprint density at radius 1 is 1.57 bits per heavy atom. The zero-order chi connectivity index (χ0) is 15.4. The number of furan rings is 1. The molecule has 2 atom stereocenters. The third-order valence-corrected chi connectivity index (χ3v) is 3.96. The molecule has 0 saturated carbocycles. The summed E-state index contributed by atoms with van der Waals surface area (Å²) in [4.78, 5) is 16.6. The molecule has 1 fully saturated rings. The number of hydrogen-bond donors (Lipinski definition) is 2. The van der Waals surface area contributed by atoms with Gasteiger partial charge in [-0.05, 0) is 19.4 Å². The Bertz CT molecular complexity index is 472. The van der Waals surface area contributed by atoms with E-state index in [0.29, 0.717) is 37.5 Å². The van der Waals surface area contributed by atoms with Gasteiger partial charge in [-0.25, -0.2) is 0 Å². The van der Waals surface area contributed by atoms with Crippen molar-refractivity contribution in [1.29, 1.82) is 0 Å². The molecule has 0 aliphatic carbocycles. The lowest BCUT2D eigenvalue weighted by atomic mass is 10.1. The maximum Gasteiger partial charge on any atom is 0.257 e. The number of aliphatic hydroxyl groups excluding tert-OH is 1. The highest BCUT2D eigenvalue weighted by molar-refractivity contribution is 5.94. The topological polar surface area (TPSA) is 82.9 Å². The number of β-amino-alcohol motifs (C(OH)–C–C–N with tert-alkyl or cyclic N) is 1. The first kappa shape index (κ1) is 16.0. The van der Waals surface area contributed by atoms with Crippen molar-refractivity contribution in [2.75, 3.05) is 26.2 Å². The average Bonchev–Trinajstić information content (AvgIpc) is 2.95. The summed E-state index contributed by atoms with van der Waals surface area (Å²) >= 11 is 0. The monoisotopic (exact) mass is 295 g/mol. The second kappa shape index (κ2) is 7.06. The van der Waals surface area contributed by atoms with Crippen LogP contribution in [0.4, 0.5) is 0 Å². The van der Waals surface area contributed by atoms with Crippen LogP contribution in [-0.4, -0.2) is 59.1 Å². The summed E-state index contributed by atoms with van der Waals surface area (Å²) in [6.07, 6.45) is 2.09. The minimum absolute atomic E-state index is 0.00593. The summed E-state index contributed by atoms with van der Waals surface area (Å²) in [5.41, 5.74) is 6.07. The quantitative estimate of drug-likeness (QED) is 0.833. The van der Waals surface area contributed by atoms with Crippen LogP contribution in [0, 0.1) is 0 Å². The Morgan fingerprint density at radius 2 is 2.33 bits per heavy atom. The van der Waals surface area contributed by atoms with E-state index in [1.165, 1.54) is 6.26 Å². The molecule has 3 N–H and O–H groups in total. The third-order valence-electron chi connectivity index (χ3n) is 3.96. The van der Waals surface area contributed by atoms with Gasteiger partial charge < -0.3 is 20.2 Å². The molecule has 1 aliphatic rings. The molecule has 1 saturated heterocycles. The van der Waals surface area contributed by atoms with Crippen molar-refractivity contribution in [3.05, 3.63) is 23.7 Å². The molecule has 6 nitrogen and oxygen atoms in total. The number of nitrogens with zero attached hydrogens (tertiary/aromatic N) is 2. The maximum absolute atomic E-state index is 12.5. The van der Waals surface area contributed by atoms with Crippen molar-refractivity contribution in [3.8, 4) is 0 Å². The predicted octanol–water partition coefficient (Wildman–Crippen LogP) is 0.656. The molecule has 2 heterocycles. The zero-order valence-electron chi connectivity index (χ0n) is 12.8. The molecular weight excluding hydrogens is 270 g/mol.